The normalized spacial score (nSPS) is 10.1. The number of nitrogen functional groups attached to an aromatic ring is 1. The third kappa shape index (κ3) is 1.83. The Hall–Kier alpha value is -1.03. The topological polar surface area (TPSA) is 26.0 Å². The summed E-state index contributed by atoms with van der Waals surface area (Å²) in [5.74, 6) is -1.75. The summed E-state index contributed by atoms with van der Waals surface area (Å²) in [5, 5.41) is 1.41. The molecule has 1 aromatic carbocycles. The zero-order valence-electron chi connectivity index (χ0n) is 7.10. The molecule has 0 atom stereocenters. The molecule has 0 unspecified atom stereocenters. The number of aryl methyl sites for hydroxylation is 1. The first-order chi connectivity index (χ1) is 6.07. The maximum Gasteiger partial charge on any atom is 0.175 e. The molecule has 0 saturated carbocycles. The predicted molar refractivity (Wildman–Crippen MR) is 51.6 cm³/mol. The molecule has 0 heterocycles. The molecule has 1 aromatic rings. The second-order valence-electron chi connectivity index (χ2n) is 2.52. The van der Waals surface area contributed by atoms with Gasteiger partial charge in [0.25, 0.3) is 0 Å². The first-order valence-corrected chi connectivity index (χ1v) is 4.47. The fourth-order valence-corrected chi connectivity index (χ4v) is 1.52. The summed E-state index contributed by atoms with van der Waals surface area (Å²) in [4.78, 5) is 0.0955. The Balaban J connectivity index is 3.34. The van der Waals surface area contributed by atoms with Crippen molar-refractivity contribution in [3.05, 3.63) is 35.3 Å². The number of thioether (sulfide) groups is 1. The van der Waals surface area contributed by atoms with Gasteiger partial charge in [-0.3, -0.25) is 0 Å². The summed E-state index contributed by atoms with van der Waals surface area (Å²) < 4.78 is 26.2. The second-order valence-corrected chi connectivity index (χ2v) is 3.50. The van der Waals surface area contributed by atoms with E-state index in [2.05, 4.69) is 6.58 Å². The summed E-state index contributed by atoms with van der Waals surface area (Å²) in [6.45, 7) is 4.88. The monoisotopic (exact) mass is 201 g/mol. The second kappa shape index (κ2) is 3.79. The van der Waals surface area contributed by atoms with Crippen LogP contribution in [0.5, 0.6) is 0 Å². The van der Waals surface area contributed by atoms with E-state index in [1.807, 2.05) is 0 Å². The van der Waals surface area contributed by atoms with Crippen molar-refractivity contribution in [2.75, 3.05) is 5.73 Å². The van der Waals surface area contributed by atoms with Gasteiger partial charge in [-0.1, -0.05) is 18.3 Å². The van der Waals surface area contributed by atoms with Crippen molar-refractivity contribution in [1.29, 1.82) is 0 Å². The number of anilines is 1. The van der Waals surface area contributed by atoms with Crippen molar-refractivity contribution >= 4 is 17.4 Å². The van der Waals surface area contributed by atoms with E-state index in [4.69, 9.17) is 5.73 Å². The number of hydrogen-bond donors (Lipinski definition) is 1. The molecule has 0 bridgehead atoms. The minimum Gasteiger partial charge on any atom is -0.398 e. The van der Waals surface area contributed by atoms with Crippen LogP contribution in [0.2, 0.25) is 0 Å². The van der Waals surface area contributed by atoms with Gasteiger partial charge in [0.05, 0.1) is 4.90 Å². The molecule has 0 fully saturated rings. The molecule has 0 spiro atoms. The third-order valence-electron chi connectivity index (χ3n) is 1.57. The summed E-state index contributed by atoms with van der Waals surface area (Å²) in [6, 6.07) is 1.41. The van der Waals surface area contributed by atoms with Crippen molar-refractivity contribution in [1.82, 2.24) is 0 Å². The Morgan fingerprint density at radius 3 is 2.62 bits per heavy atom. The van der Waals surface area contributed by atoms with Crippen LogP contribution in [-0.4, -0.2) is 0 Å². The molecule has 4 heteroatoms. The van der Waals surface area contributed by atoms with E-state index in [9.17, 15) is 8.78 Å². The molecule has 1 nitrogen and oxygen atoms in total. The summed E-state index contributed by atoms with van der Waals surface area (Å²) in [5.41, 5.74) is 5.95. The maximum absolute atomic E-state index is 13.2. The van der Waals surface area contributed by atoms with Gasteiger partial charge in [-0.15, -0.1) is 0 Å². The summed E-state index contributed by atoms with van der Waals surface area (Å²) in [6.07, 6.45) is 0. The van der Waals surface area contributed by atoms with Crippen molar-refractivity contribution in [2.24, 2.45) is 0 Å². The average molecular weight is 201 g/mol. The number of benzene rings is 1. The van der Waals surface area contributed by atoms with Gasteiger partial charge in [-0.05, 0) is 24.0 Å². The summed E-state index contributed by atoms with van der Waals surface area (Å²) >= 11 is 0.975. The SMILES string of the molecule is C=CSc1c(N)cc(C)c(F)c1F. The van der Waals surface area contributed by atoms with Crippen LogP contribution >= 0.6 is 11.8 Å². The molecule has 0 aromatic heterocycles. The molecule has 0 aliphatic carbocycles. The van der Waals surface area contributed by atoms with Gasteiger partial charge in [0.15, 0.2) is 11.6 Å². The molecule has 0 amide bonds. The molecule has 70 valence electrons. The van der Waals surface area contributed by atoms with Gasteiger partial charge in [0.1, 0.15) is 0 Å². The van der Waals surface area contributed by atoms with E-state index in [0.29, 0.717) is 0 Å². The van der Waals surface area contributed by atoms with Gasteiger partial charge >= 0.3 is 0 Å². The van der Waals surface area contributed by atoms with Gasteiger partial charge in [0, 0.05) is 5.69 Å². The lowest BCUT2D eigenvalue weighted by Crippen LogP contribution is -1.97. The lowest BCUT2D eigenvalue weighted by Gasteiger charge is -2.06. The molecule has 1 rings (SSSR count). The lowest BCUT2D eigenvalue weighted by atomic mass is 10.2. The number of nitrogens with two attached hydrogens (primary N) is 1. The van der Waals surface area contributed by atoms with Crippen molar-refractivity contribution < 1.29 is 8.78 Å². The van der Waals surface area contributed by atoms with E-state index >= 15 is 0 Å². The zero-order chi connectivity index (χ0) is 10.0. The molecule has 0 aliphatic rings. The van der Waals surface area contributed by atoms with Crippen LogP contribution in [0.1, 0.15) is 5.56 Å². The smallest absolute Gasteiger partial charge is 0.175 e. The Bertz CT molecular complexity index is 350. The highest BCUT2D eigenvalue weighted by molar-refractivity contribution is 8.02. The molecule has 0 aliphatic heterocycles. The quantitative estimate of drug-likeness (QED) is 0.587. The van der Waals surface area contributed by atoms with Crippen LogP contribution in [0, 0.1) is 18.6 Å². The van der Waals surface area contributed by atoms with Crippen molar-refractivity contribution in [2.45, 2.75) is 11.8 Å². The molecular formula is C9H9F2NS. The average Bonchev–Trinajstić information content (AvgIpc) is 2.09. The van der Waals surface area contributed by atoms with Gasteiger partial charge in [-0.25, -0.2) is 8.78 Å². The molecular weight excluding hydrogens is 192 g/mol. The van der Waals surface area contributed by atoms with Crippen LogP contribution < -0.4 is 5.73 Å². The van der Waals surface area contributed by atoms with Crippen molar-refractivity contribution in [3.8, 4) is 0 Å². The minimum atomic E-state index is -0.901. The highest BCUT2D eigenvalue weighted by Gasteiger charge is 2.14. The fraction of sp³-hybridized carbons (Fsp3) is 0.111. The highest BCUT2D eigenvalue weighted by Crippen LogP contribution is 2.31. The first-order valence-electron chi connectivity index (χ1n) is 3.59. The molecule has 0 saturated heterocycles. The molecule has 2 N–H and O–H groups in total. The van der Waals surface area contributed by atoms with Crippen LogP contribution in [0.3, 0.4) is 0 Å². The standard InChI is InChI=1S/C9H9F2NS/c1-3-13-9-6(12)4-5(2)7(10)8(9)11/h3-4H,1,12H2,2H3. The number of rotatable bonds is 2. The minimum absolute atomic E-state index is 0.0955. The maximum atomic E-state index is 13.2. The lowest BCUT2D eigenvalue weighted by molar-refractivity contribution is 0.487. The number of halogens is 2. The van der Waals surface area contributed by atoms with Crippen LogP contribution in [0.25, 0.3) is 0 Å². The van der Waals surface area contributed by atoms with Gasteiger partial charge < -0.3 is 5.73 Å². The van der Waals surface area contributed by atoms with E-state index in [-0.39, 0.29) is 16.1 Å². The molecule has 0 radical (unpaired) electrons. The fourth-order valence-electron chi connectivity index (χ4n) is 0.965. The predicted octanol–water partition coefficient (Wildman–Crippen LogP) is 3.09. The van der Waals surface area contributed by atoms with E-state index < -0.39 is 11.6 Å². The van der Waals surface area contributed by atoms with Gasteiger partial charge in [-0.2, -0.15) is 0 Å². The van der Waals surface area contributed by atoms with Crippen LogP contribution in [0.4, 0.5) is 14.5 Å². The van der Waals surface area contributed by atoms with Crippen LogP contribution in [0.15, 0.2) is 22.9 Å². The highest BCUT2D eigenvalue weighted by atomic mass is 32.2. The van der Waals surface area contributed by atoms with Crippen LogP contribution in [-0.2, 0) is 0 Å². The zero-order valence-corrected chi connectivity index (χ0v) is 7.92. The van der Waals surface area contributed by atoms with Gasteiger partial charge in [0.2, 0.25) is 0 Å². The van der Waals surface area contributed by atoms with Crippen molar-refractivity contribution in [3.63, 3.8) is 0 Å². The Morgan fingerprint density at radius 2 is 2.08 bits per heavy atom. The van der Waals surface area contributed by atoms with E-state index in [1.165, 1.54) is 18.4 Å². The Labute approximate surface area is 79.6 Å². The third-order valence-corrected chi connectivity index (χ3v) is 2.39. The van der Waals surface area contributed by atoms with E-state index in [1.54, 1.807) is 0 Å². The first kappa shape index (κ1) is 10.1. The molecule has 13 heavy (non-hydrogen) atoms. The largest absolute Gasteiger partial charge is 0.398 e. The Morgan fingerprint density at radius 1 is 1.46 bits per heavy atom. The van der Waals surface area contributed by atoms with E-state index in [0.717, 1.165) is 11.8 Å². The number of hydrogen-bond acceptors (Lipinski definition) is 2. The Kier molecular flexibility index (Phi) is 2.93. The summed E-state index contributed by atoms with van der Waals surface area (Å²) in [7, 11) is 0.